The lowest BCUT2D eigenvalue weighted by Gasteiger charge is -2.14. The van der Waals surface area contributed by atoms with Crippen molar-refractivity contribution in [2.24, 2.45) is 0 Å². The second-order valence-corrected chi connectivity index (χ2v) is 7.55. The van der Waals surface area contributed by atoms with E-state index in [2.05, 4.69) is 14.7 Å². The number of nitrogens with one attached hydrogen (secondary N) is 3. The molecule has 0 amide bonds. The van der Waals surface area contributed by atoms with E-state index in [1.807, 2.05) is 37.3 Å². The van der Waals surface area contributed by atoms with Crippen molar-refractivity contribution in [2.75, 3.05) is 0 Å². The number of sulfonamides is 1. The minimum Gasteiger partial charge on any atom is -0.306 e. The Kier molecular flexibility index (Phi) is 4.55. The second-order valence-electron chi connectivity index (χ2n) is 5.83. The summed E-state index contributed by atoms with van der Waals surface area (Å²) in [6, 6.07) is 14.3. The van der Waals surface area contributed by atoms with Crippen molar-refractivity contribution in [3.8, 4) is 0 Å². The molecule has 0 fully saturated rings. The van der Waals surface area contributed by atoms with Crippen molar-refractivity contribution >= 4 is 21.1 Å². The Morgan fingerprint density at radius 1 is 1.04 bits per heavy atom. The summed E-state index contributed by atoms with van der Waals surface area (Å²) in [5, 5.41) is 0. The van der Waals surface area contributed by atoms with E-state index in [-0.39, 0.29) is 16.6 Å². The van der Waals surface area contributed by atoms with Gasteiger partial charge in [-0.2, -0.15) is 0 Å². The molecule has 3 rings (SSSR count). The molecular formula is C17H19N3O3S. The van der Waals surface area contributed by atoms with Gasteiger partial charge in [-0.1, -0.05) is 30.3 Å². The van der Waals surface area contributed by atoms with Gasteiger partial charge in [0.15, 0.2) is 0 Å². The maximum Gasteiger partial charge on any atom is 0.323 e. The third-order valence-electron chi connectivity index (χ3n) is 3.86. The Bertz CT molecular complexity index is 991. The van der Waals surface area contributed by atoms with Crippen LogP contribution in [0.4, 0.5) is 0 Å². The number of hydrogen-bond acceptors (Lipinski definition) is 3. The fourth-order valence-electron chi connectivity index (χ4n) is 2.60. The third kappa shape index (κ3) is 3.74. The molecule has 0 bridgehead atoms. The summed E-state index contributed by atoms with van der Waals surface area (Å²) < 4.78 is 27.7. The van der Waals surface area contributed by atoms with Crippen LogP contribution in [0.2, 0.25) is 0 Å². The first-order valence-electron chi connectivity index (χ1n) is 7.72. The first-order valence-corrected chi connectivity index (χ1v) is 9.21. The van der Waals surface area contributed by atoms with Gasteiger partial charge in [0.2, 0.25) is 10.0 Å². The van der Waals surface area contributed by atoms with E-state index in [0.717, 1.165) is 6.42 Å². The van der Waals surface area contributed by atoms with Gasteiger partial charge >= 0.3 is 5.69 Å². The van der Waals surface area contributed by atoms with E-state index in [4.69, 9.17) is 0 Å². The lowest BCUT2D eigenvalue weighted by Crippen LogP contribution is -2.32. The van der Waals surface area contributed by atoms with Gasteiger partial charge in [0.25, 0.3) is 0 Å². The molecule has 1 heterocycles. The van der Waals surface area contributed by atoms with E-state index < -0.39 is 10.0 Å². The molecule has 0 saturated carbocycles. The quantitative estimate of drug-likeness (QED) is 0.639. The van der Waals surface area contributed by atoms with Crippen LogP contribution in [-0.2, 0) is 16.4 Å². The van der Waals surface area contributed by atoms with Crippen molar-refractivity contribution in [2.45, 2.75) is 30.7 Å². The van der Waals surface area contributed by atoms with Gasteiger partial charge in [-0.25, -0.2) is 17.9 Å². The molecule has 1 aromatic heterocycles. The molecule has 3 aromatic rings. The number of aryl methyl sites for hydroxylation is 1. The van der Waals surface area contributed by atoms with Gasteiger partial charge in [0.05, 0.1) is 15.9 Å². The molecule has 0 saturated heterocycles. The highest BCUT2D eigenvalue weighted by atomic mass is 32.2. The summed E-state index contributed by atoms with van der Waals surface area (Å²) in [4.78, 5) is 16.6. The zero-order valence-electron chi connectivity index (χ0n) is 13.2. The largest absolute Gasteiger partial charge is 0.323 e. The van der Waals surface area contributed by atoms with Gasteiger partial charge in [0.1, 0.15) is 0 Å². The summed E-state index contributed by atoms with van der Waals surface area (Å²) in [7, 11) is -3.63. The first kappa shape index (κ1) is 16.5. The maximum atomic E-state index is 12.5. The Morgan fingerprint density at radius 3 is 2.50 bits per heavy atom. The average Bonchev–Trinajstić information content (AvgIpc) is 2.92. The molecule has 0 aliphatic rings. The predicted molar refractivity (Wildman–Crippen MR) is 93.5 cm³/mol. The molecule has 0 radical (unpaired) electrons. The molecule has 0 spiro atoms. The summed E-state index contributed by atoms with van der Waals surface area (Å²) in [5.74, 6) is 0. The van der Waals surface area contributed by atoms with Crippen molar-refractivity contribution in [3.63, 3.8) is 0 Å². The van der Waals surface area contributed by atoms with Gasteiger partial charge in [-0.15, -0.1) is 0 Å². The Hall–Kier alpha value is -2.38. The number of rotatable bonds is 6. The first-order chi connectivity index (χ1) is 11.4. The highest BCUT2D eigenvalue weighted by Crippen LogP contribution is 2.16. The van der Waals surface area contributed by atoms with Crippen molar-refractivity contribution in [3.05, 3.63) is 64.6 Å². The number of hydrogen-bond donors (Lipinski definition) is 3. The monoisotopic (exact) mass is 345 g/mol. The molecule has 1 atom stereocenters. The van der Waals surface area contributed by atoms with E-state index in [1.54, 1.807) is 6.07 Å². The molecule has 126 valence electrons. The molecule has 7 heteroatoms. The summed E-state index contributed by atoms with van der Waals surface area (Å²) in [6.45, 7) is 1.84. The summed E-state index contributed by atoms with van der Waals surface area (Å²) in [5.41, 5.74) is 1.87. The molecule has 6 nitrogen and oxygen atoms in total. The summed E-state index contributed by atoms with van der Waals surface area (Å²) in [6.07, 6.45) is 1.50. The fraction of sp³-hybridized carbons (Fsp3) is 0.235. The number of aromatic nitrogens is 2. The smallest absolute Gasteiger partial charge is 0.306 e. The number of aromatic amines is 2. The standard InChI is InChI=1S/C17H19N3O3S/c1-12(7-8-13-5-3-2-4-6-13)20-24(22,23)14-9-10-15-16(11-14)19-17(21)18-15/h2-6,9-12,20H,7-8H2,1H3,(H2,18,19,21)/t12-/m1/s1. The van der Waals surface area contributed by atoms with E-state index in [9.17, 15) is 13.2 Å². The van der Waals surface area contributed by atoms with Gasteiger partial charge in [-0.3, -0.25) is 0 Å². The van der Waals surface area contributed by atoms with E-state index in [0.29, 0.717) is 17.5 Å². The topological polar surface area (TPSA) is 94.8 Å². The Balaban J connectivity index is 1.70. The number of imidazole rings is 1. The zero-order chi connectivity index (χ0) is 17.2. The van der Waals surface area contributed by atoms with Gasteiger partial charge in [0, 0.05) is 6.04 Å². The Labute approximate surface area is 140 Å². The lowest BCUT2D eigenvalue weighted by molar-refractivity contribution is 0.547. The molecule has 0 aliphatic carbocycles. The minimum atomic E-state index is -3.63. The molecule has 2 aromatic carbocycles. The van der Waals surface area contributed by atoms with Crippen LogP contribution in [0, 0.1) is 0 Å². The minimum absolute atomic E-state index is 0.136. The van der Waals surface area contributed by atoms with Gasteiger partial charge < -0.3 is 9.97 Å². The maximum absolute atomic E-state index is 12.5. The number of benzene rings is 2. The van der Waals surface area contributed by atoms with Crippen LogP contribution in [0.3, 0.4) is 0 Å². The molecule has 3 N–H and O–H groups in total. The summed E-state index contributed by atoms with van der Waals surface area (Å²) >= 11 is 0. The Morgan fingerprint density at radius 2 is 1.75 bits per heavy atom. The highest BCUT2D eigenvalue weighted by molar-refractivity contribution is 7.89. The predicted octanol–water partition coefficient (Wildman–Crippen LogP) is 2.16. The van der Waals surface area contributed by atoms with Gasteiger partial charge in [-0.05, 0) is 43.5 Å². The van der Waals surface area contributed by atoms with Crippen LogP contribution in [0.1, 0.15) is 18.9 Å². The highest BCUT2D eigenvalue weighted by Gasteiger charge is 2.18. The normalized spacial score (nSPS) is 13.2. The molecule has 24 heavy (non-hydrogen) atoms. The molecular weight excluding hydrogens is 326 g/mol. The van der Waals surface area contributed by atoms with Crippen LogP contribution in [0.15, 0.2) is 58.2 Å². The van der Waals surface area contributed by atoms with Crippen LogP contribution in [0.25, 0.3) is 11.0 Å². The zero-order valence-corrected chi connectivity index (χ0v) is 14.1. The van der Waals surface area contributed by atoms with Crippen LogP contribution in [-0.4, -0.2) is 24.4 Å². The van der Waals surface area contributed by atoms with E-state index in [1.165, 1.54) is 17.7 Å². The fourth-order valence-corrected chi connectivity index (χ4v) is 3.90. The third-order valence-corrected chi connectivity index (χ3v) is 5.45. The van der Waals surface area contributed by atoms with Crippen LogP contribution in [0.5, 0.6) is 0 Å². The van der Waals surface area contributed by atoms with Crippen molar-refractivity contribution < 1.29 is 8.42 Å². The van der Waals surface area contributed by atoms with Crippen LogP contribution >= 0.6 is 0 Å². The van der Waals surface area contributed by atoms with Crippen LogP contribution < -0.4 is 10.4 Å². The van der Waals surface area contributed by atoms with Crippen molar-refractivity contribution in [1.82, 2.24) is 14.7 Å². The van der Waals surface area contributed by atoms with E-state index >= 15 is 0 Å². The number of fused-ring (bicyclic) bond motifs is 1. The average molecular weight is 345 g/mol. The SMILES string of the molecule is C[C@H](CCc1ccccc1)NS(=O)(=O)c1ccc2[nH]c(=O)[nH]c2c1. The molecule has 0 unspecified atom stereocenters. The lowest BCUT2D eigenvalue weighted by atomic mass is 10.1. The van der Waals surface area contributed by atoms with Crippen molar-refractivity contribution in [1.29, 1.82) is 0 Å². The number of H-pyrrole nitrogens is 2. The molecule has 0 aliphatic heterocycles. The second kappa shape index (κ2) is 6.62.